The predicted molar refractivity (Wildman–Crippen MR) is 62.8 cm³/mol. The number of hydrogen-bond acceptors (Lipinski definition) is 4. The number of nitrogens with zero attached hydrogens (tertiary/aromatic N) is 1. The fourth-order valence-electron chi connectivity index (χ4n) is 2.87. The molecule has 2 atom stereocenters. The van der Waals surface area contributed by atoms with Crippen LogP contribution in [0.25, 0.3) is 0 Å². The van der Waals surface area contributed by atoms with E-state index in [1.54, 1.807) is 0 Å². The molecule has 0 aromatic heterocycles. The minimum absolute atomic E-state index is 0.0815. The normalized spacial score (nSPS) is 33.1. The maximum atomic E-state index is 11.0. The number of likely N-dealkylation sites (tertiary alicyclic amines) is 1. The molecule has 2 fully saturated rings. The molecule has 1 aliphatic carbocycles. The molecule has 2 aliphatic rings. The molecule has 1 saturated heterocycles. The zero-order chi connectivity index (χ0) is 11.6. The highest BCUT2D eigenvalue weighted by Gasteiger charge is 2.32. The van der Waals surface area contributed by atoms with Gasteiger partial charge in [-0.3, -0.25) is 4.18 Å². The van der Waals surface area contributed by atoms with Crippen LogP contribution in [0.4, 0.5) is 0 Å². The molecule has 4 nitrogen and oxygen atoms in total. The smallest absolute Gasteiger partial charge is 0.264 e. The van der Waals surface area contributed by atoms with Gasteiger partial charge in [-0.15, -0.1) is 0 Å². The summed E-state index contributed by atoms with van der Waals surface area (Å²) in [7, 11) is -3.28. The van der Waals surface area contributed by atoms with Crippen LogP contribution in [0.5, 0.6) is 0 Å². The lowest BCUT2D eigenvalue weighted by Crippen LogP contribution is -2.38. The Balaban J connectivity index is 1.83. The van der Waals surface area contributed by atoms with E-state index in [2.05, 4.69) is 4.90 Å². The highest BCUT2D eigenvalue weighted by atomic mass is 32.2. The van der Waals surface area contributed by atoms with E-state index in [4.69, 9.17) is 4.18 Å². The first-order valence-corrected chi connectivity index (χ1v) is 7.98. The van der Waals surface area contributed by atoms with Gasteiger partial charge in [0.1, 0.15) is 0 Å². The molecule has 0 amide bonds. The highest BCUT2D eigenvalue weighted by Crippen LogP contribution is 2.29. The molecule has 2 rings (SSSR count). The molecule has 0 aromatic carbocycles. The summed E-state index contributed by atoms with van der Waals surface area (Å²) >= 11 is 0. The zero-order valence-corrected chi connectivity index (χ0v) is 10.7. The van der Waals surface area contributed by atoms with Crippen molar-refractivity contribution in [1.82, 2.24) is 4.90 Å². The molecule has 16 heavy (non-hydrogen) atoms. The van der Waals surface area contributed by atoms with Crippen molar-refractivity contribution in [1.29, 1.82) is 0 Å². The van der Waals surface area contributed by atoms with Crippen LogP contribution in [0.2, 0.25) is 0 Å². The van der Waals surface area contributed by atoms with Crippen molar-refractivity contribution in [3.05, 3.63) is 0 Å². The summed E-state index contributed by atoms with van der Waals surface area (Å²) in [5, 5.41) is 0. The zero-order valence-electron chi connectivity index (χ0n) is 9.89. The summed E-state index contributed by atoms with van der Waals surface area (Å²) in [6, 6.07) is 0.548. The van der Waals surface area contributed by atoms with Gasteiger partial charge < -0.3 is 4.90 Å². The summed E-state index contributed by atoms with van der Waals surface area (Å²) in [5.41, 5.74) is 0. The standard InChI is InChI=1S/C11H21NO3S/c1-16(13,14)15-11-6-5-10(9-11)12-7-3-2-4-8-12/h10-11H,2-9H2,1H3/t10-,11+/m1/s1. The molecule has 0 unspecified atom stereocenters. The summed E-state index contributed by atoms with van der Waals surface area (Å²) in [6.07, 6.45) is 7.82. The fraction of sp³-hybridized carbons (Fsp3) is 1.00. The Bertz CT molecular complexity index is 322. The minimum atomic E-state index is -3.28. The average molecular weight is 247 g/mol. The average Bonchev–Trinajstić information content (AvgIpc) is 2.65. The molecule has 1 heterocycles. The van der Waals surface area contributed by atoms with E-state index in [0.717, 1.165) is 25.5 Å². The van der Waals surface area contributed by atoms with Gasteiger partial charge in [0.15, 0.2) is 0 Å². The largest absolute Gasteiger partial charge is 0.300 e. The fourth-order valence-corrected chi connectivity index (χ4v) is 3.54. The van der Waals surface area contributed by atoms with Crippen LogP contribution < -0.4 is 0 Å². The monoisotopic (exact) mass is 247 g/mol. The van der Waals surface area contributed by atoms with Crippen molar-refractivity contribution >= 4 is 10.1 Å². The molecule has 5 heteroatoms. The van der Waals surface area contributed by atoms with Gasteiger partial charge in [0.25, 0.3) is 10.1 Å². The Hall–Kier alpha value is -0.130. The van der Waals surface area contributed by atoms with Crippen molar-refractivity contribution in [3.63, 3.8) is 0 Å². The van der Waals surface area contributed by atoms with Crippen LogP contribution in [-0.2, 0) is 14.3 Å². The Morgan fingerprint density at radius 3 is 2.44 bits per heavy atom. The first-order valence-electron chi connectivity index (χ1n) is 6.17. The van der Waals surface area contributed by atoms with E-state index in [1.807, 2.05) is 0 Å². The molecule has 1 saturated carbocycles. The van der Waals surface area contributed by atoms with Crippen molar-refractivity contribution < 1.29 is 12.6 Å². The van der Waals surface area contributed by atoms with E-state index >= 15 is 0 Å². The Labute approximate surface area is 98.1 Å². The van der Waals surface area contributed by atoms with E-state index in [0.29, 0.717) is 6.04 Å². The van der Waals surface area contributed by atoms with Crippen LogP contribution >= 0.6 is 0 Å². The lowest BCUT2D eigenvalue weighted by molar-refractivity contribution is 0.148. The van der Waals surface area contributed by atoms with Crippen LogP contribution in [0.1, 0.15) is 38.5 Å². The van der Waals surface area contributed by atoms with Gasteiger partial charge in [-0.05, 0) is 45.2 Å². The highest BCUT2D eigenvalue weighted by molar-refractivity contribution is 7.86. The summed E-state index contributed by atoms with van der Waals surface area (Å²) < 4.78 is 27.1. The third-order valence-electron chi connectivity index (χ3n) is 3.57. The summed E-state index contributed by atoms with van der Waals surface area (Å²) in [5.74, 6) is 0. The van der Waals surface area contributed by atoms with Crippen molar-refractivity contribution in [3.8, 4) is 0 Å². The van der Waals surface area contributed by atoms with E-state index < -0.39 is 10.1 Å². The Kier molecular flexibility index (Phi) is 3.87. The SMILES string of the molecule is CS(=O)(=O)O[C@H]1CC[C@@H](N2CCCCC2)C1. The first-order chi connectivity index (χ1) is 7.54. The molecular weight excluding hydrogens is 226 g/mol. The van der Waals surface area contributed by atoms with Crippen LogP contribution in [0.15, 0.2) is 0 Å². The van der Waals surface area contributed by atoms with Crippen molar-refractivity contribution in [2.75, 3.05) is 19.3 Å². The number of rotatable bonds is 3. The van der Waals surface area contributed by atoms with E-state index in [9.17, 15) is 8.42 Å². The Morgan fingerprint density at radius 2 is 1.81 bits per heavy atom. The van der Waals surface area contributed by atoms with Gasteiger partial charge >= 0.3 is 0 Å². The molecule has 0 bridgehead atoms. The third-order valence-corrected chi connectivity index (χ3v) is 4.20. The maximum Gasteiger partial charge on any atom is 0.264 e. The van der Waals surface area contributed by atoms with Gasteiger partial charge in [-0.25, -0.2) is 0 Å². The molecule has 0 N–H and O–H groups in total. The van der Waals surface area contributed by atoms with Gasteiger partial charge in [-0.1, -0.05) is 6.42 Å². The second-order valence-electron chi connectivity index (χ2n) is 4.99. The second-order valence-corrected chi connectivity index (χ2v) is 6.59. The maximum absolute atomic E-state index is 11.0. The van der Waals surface area contributed by atoms with Gasteiger partial charge in [0.05, 0.1) is 12.4 Å². The predicted octanol–water partition coefficient (Wildman–Crippen LogP) is 1.37. The quantitative estimate of drug-likeness (QED) is 0.707. The molecule has 0 radical (unpaired) electrons. The van der Waals surface area contributed by atoms with Gasteiger partial charge in [-0.2, -0.15) is 8.42 Å². The molecule has 0 spiro atoms. The van der Waals surface area contributed by atoms with Crippen molar-refractivity contribution in [2.45, 2.75) is 50.7 Å². The van der Waals surface area contributed by atoms with E-state index in [-0.39, 0.29) is 6.10 Å². The van der Waals surface area contributed by atoms with Gasteiger partial charge in [0, 0.05) is 6.04 Å². The van der Waals surface area contributed by atoms with E-state index in [1.165, 1.54) is 32.4 Å². The molecule has 94 valence electrons. The Morgan fingerprint density at radius 1 is 1.12 bits per heavy atom. The lowest BCUT2D eigenvalue weighted by Gasteiger charge is -2.32. The minimum Gasteiger partial charge on any atom is -0.300 e. The third kappa shape index (κ3) is 3.43. The first kappa shape index (κ1) is 12.3. The molecular formula is C11H21NO3S. The number of hydrogen-bond donors (Lipinski definition) is 0. The lowest BCUT2D eigenvalue weighted by atomic mass is 10.1. The van der Waals surface area contributed by atoms with Crippen LogP contribution in [0.3, 0.4) is 0 Å². The molecule has 0 aromatic rings. The summed E-state index contributed by atoms with van der Waals surface area (Å²) in [4.78, 5) is 2.51. The summed E-state index contributed by atoms with van der Waals surface area (Å²) in [6.45, 7) is 2.35. The topological polar surface area (TPSA) is 46.6 Å². The number of piperidine rings is 1. The van der Waals surface area contributed by atoms with Crippen molar-refractivity contribution in [2.24, 2.45) is 0 Å². The van der Waals surface area contributed by atoms with Crippen LogP contribution in [0, 0.1) is 0 Å². The second kappa shape index (κ2) is 5.02. The van der Waals surface area contributed by atoms with Gasteiger partial charge in [0.2, 0.25) is 0 Å². The van der Waals surface area contributed by atoms with Crippen LogP contribution in [-0.4, -0.2) is 44.8 Å². The molecule has 1 aliphatic heterocycles.